The fourth-order valence-electron chi connectivity index (χ4n) is 1.42. The number of nitrogens with one attached hydrogen (secondary N) is 2. The highest BCUT2D eigenvalue weighted by Crippen LogP contribution is 2.28. The SMILES string of the molecule is N#CCC(=O)NCCNC(=O)c1ccc(C(F)(F)F)cc1. The van der Waals surface area contributed by atoms with Crippen LogP contribution in [0.15, 0.2) is 24.3 Å². The first kappa shape index (κ1) is 16.5. The van der Waals surface area contributed by atoms with E-state index in [9.17, 15) is 22.8 Å². The summed E-state index contributed by atoms with van der Waals surface area (Å²) >= 11 is 0. The molecule has 0 fully saturated rings. The summed E-state index contributed by atoms with van der Waals surface area (Å²) in [6, 6.07) is 5.47. The van der Waals surface area contributed by atoms with E-state index in [0.717, 1.165) is 24.3 Å². The molecule has 1 aromatic rings. The van der Waals surface area contributed by atoms with E-state index in [-0.39, 0.29) is 25.1 Å². The number of nitrogens with zero attached hydrogens (tertiary/aromatic N) is 1. The fraction of sp³-hybridized carbons (Fsp3) is 0.308. The van der Waals surface area contributed by atoms with Crippen molar-refractivity contribution in [2.24, 2.45) is 0 Å². The molecule has 0 aliphatic rings. The molecule has 0 radical (unpaired) electrons. The maximum Gasteiger partial charge on any atom is 0.416 e. The monoisotopic (exact) mass is 299 g/mol. The first-order valence-corrected chi connectivity index (χ1v) is 5.93. The molecule has 2 amide bonds. The van der Waals surface area contributed by atoms with Crippen molar-refractivity contribution in [1.82, 2.24) is 10.6 Å². The molecule has 0 spiro atoms. The Hall–Kier alpha value is -2.56. The molecule has 0 aliphatic carbocycles. The van der Waals surface area contributed by atoms with Gasteiger partial charge in [0, 0.05) is 18.7 Å². The van der Waals surface area contributed by atoms with E-state index in [1.807, 2.05) is 0 Å². The Morgan fingerprint density at radius 2 is 1.67 bits per heavy atom. The van der Waals surface area contributed by atoms with Crippen LogP contribution in [0.2, 0.25) is 0 Å². The van der Waals surface area contributed by atoms with Crippen molar-refractivity contribution in [3.05, 3.63) is 35.4 Å². The van der Waals surface area contributed by atoms with Gasteiger partial charge in [-0.25, -0.2) is 0 Å². The van der Waals surface area contributed by atoms with Gasteiger partial charge in [-0.3, -0.25) is 9.59 Å². The third-order valence-electron chi connectivity index (χ3n) is 2.45. The van der Waals surface area contributed by atoms with Gasteiger partial charge in [0.05, 0.1) is 11.6 Å². The quantitative estimate of drug-likeness (QED) is 0.808. The molecule has 1 aromatic carbocycles. The number of amides is 2. The van der Waals surface area contributed by atoms with Gasteiger partial charge in [-0.1, -0.05) is 0 Å². The minimum atomic E-state index is -4.44. The second-order valence-electron chi connectivity index (χ2n) is 4.02. The Morgan fingerprint density at radius 3 is 2.19 bits per heavy atom. The number of hydrogen-bond acceptors (Lipinski definition) is 3. The Bertz CT molecular complexity index is 547. The molecular weight excluding hydrogens is 287 g/mol. The lowest BCUT2D eigenvalue weighted by Gasteiger charge is -2.08. The third-order valence-corrected chi connectivity index (χ3v) is 2.45. The lowest BCUT2D eigenvalue weighted by Crippen LogP contribution is -2.34. The summed E-state index contributed by atoms with van der Waals surface area (Å²) < 4.78 is 37.0. The molecule has 112 valence electrons. The predicted molar refractivity (Wildman–Crippen MR) is 67.0 cm³/mol. The second-order valence-corrected chi connectivity index (χ2v) is 4.02. The highest BCUT2D eigenvalue weighted by molar-refractivity contribution is 5.94. The van der Waals surface area contributed by atoms with Gasteiger partial charge in [-0.05, 0) is 24.3 Å². The lowest BCUT2D eigenvalue weighted by atomic mass is 10.1. The van der Waals surface area contributed by atoms with Crippen LogP contribution in [0.3, 0.4) is 0 Å². The van der Waals surface area contributed by atoms with E-state index in [0.29, 0.717) is 0 Å². The molecule has 5 nitrogen and oxygen atoms in total. The zero-order valence-electron chi connectivity index (χ0n) is 10.8. The summed E-state index contributed by atoms with van der Waals surface area (Å²) in [4.78, 5) is 22.6. The molecule has 8 heteroatoms. The topological polar surface area (TPSA) is 82.0 Å². The van der Waals surface area contributed by atoms with Crippen molar-refractivity contribution in [2.45, 2.75) is 12.6 Å². The van der Waals surface area contributed by atoms with Crippen molar-refractivity contribution in [3.8, 4) is 6.07 Å². The van der Waals surface area contributed by atoms with E-state index in [1.165, 1.54) is 0 Å². The Kier molecular flexibility index (Phi) is 5.72. The molecule has 2 N–H and O–H groups in total. The first-order chi connectivity index (χ1) is 9.84. The maximum atomic E-state index is 12.3. The number of carbonyl (C=O) groups is 2. The normalized spacial score (nSPS) is 10.6. The van der Waals surface area contributed by atoms with Crippen molar-refractivity contribution in [2.75, 3.05) is 13.1 Å². The average Bonchev–Trinajstić information content (AvgIpc) is 2.43. The standard InChI is InChI=1S/C13H12F3N3O2/c14-13(15,16)10-3-1-9(2-4-10)12(21)19-8-7-18-11(20)5-6-17/h1-4H,5,7-8H2,(H,18,20)(H,19,21). The molecule has 0 bridgehead atoms. The van der Waals surface area contributed by atoms with Crippen LogP contribution in [0.1, 0.15) is 22.3 Å². The van der Waals surface area contributed by atoms with E-state index in [2.05, 4.69) is 10.6 Å². The highest BCUT2D eigenvalue weighted by atomic mass is 19.4. The molecule has 0 aliphatic heterocycles. The lowest BCUT2D eigenvalue weighted by molar-refractivity contribution is -0.137. The summed E-state index contributed by atoms with van der Waals surface area (Å²) in [5, 5.41) is 13.1. The molecule has 0 aromatic heterocycles. The van der Waals surface area contributed by atoms with Crippen LogP contribution in [0.25, 0.3) is 0 Å². The Labute approximate surface area is 118 Å². The first-order valence-electron chi connectivity index (χ1n) is 5.93. The van der Waals surface area contributed by atoms with Crippen LogP contribution < -0.4 is 10.6 Å². The van der Waals surface area contributed by atoms with E-state index < -0.39 is 23.6 Å². The third kappa shape index (κ3) is 5.52. The smallest absolute Gasteiger partial charge is 0.353 e. The molecule has 0 heterocycles. The van der Waals surface area contributed by atoms with Crippen molar-refractivity contribution in [3.63, 3.8) is 0 Å². The number of hydrogen-bond donors (Lipinski definition) is 2. The van der Waals surface area contributed by atoms with Crippen LogP contribution in [-0.4, -0.2) is 24.9 Å². The molecule has 0 unspecified atom stereocenters. The molecule has 21 heavy (non-hydrogen) atoms. The number of benzene rings is 1. The van der Waals surface area contributed by atoms with Gasteiger partial charge >= 0.3 is 6.18 Å². The van der Waals surface area contributed by atoms with Crippen LogP contribution >= 0.6 is 0 Å². The molecule has 1 rings (SSSR count). The van der Waals surface area contributed by atoms with Gasteiger partial charge in [0.1, 0.15) is 6.42 Å². The summed E-state index contributed by atoms with van der Waals surface area (Å²) in [5.74, 6) is -1.00. The molecule has 0 atom stereocenters. The fourth-order valence-corrected chi connectivity index (χ4v) is 1.42. The van der Waals surface area contributed by atoms with Crippen LogP contribution in [0.5, 0.6) is 0 Å². The molecule has 0 saturated heterocycles. The minimum absolute atomic E-state index is 0.0892. The van der Waals surface area contributed by atoms with Crippen LogP contribution in [0, 0.1) is 11.3 Å². The van der Waals surface area contributed by atoms with E-state index in [1.54, 1.807) is 6.07 Å². The van der Waals surface area contributed by atoms with Gasteiger partial charge < -0.3 is 10.6 Å². The van der Waals surface area contributed by atoms with Gasteiger partial charge in [-0.15, -0.1) is 0 Å². The highest BCUT2D eigenvalue weighted by Gasteiger charge is 2.30. The predicted octanol–water partition coefficient (Wildman–Crippen LogP) is 1.47. The van der Waals surface area contributed by atoms with Gasteiger partial charge in [0.25, 0.3) is 5.91 Å². The largest absolute Gasteiger partial charge is 0.416 e. The van der Waals surface area contributed by atoms with Crippen molar-refractivity contribution < 1.29 is 22.8 Å². The van der Waals surface area contributed by atoms with Gasteiger partial charge in [0.2, 0.25) is 5.91 Å². The zero-order chi connectivity index (χ0) is 15.9. The molecular formula is C13H12F3N3O2. The van der Waals surface area contributed by atoms with Gasteiger partial charge in [0.15, 0.2) is 0 Å². The van der Waals surface area contributed by atoms with E-state index >= 15 is 0 Å². The maximum absolute atomic E-state index is 12.3. The summed E-state index contributed by atoms with van der Waals surface area (Å²) in [6.07, 6.45) is -4.72. The van der Waals surface area contributed by atoms with Crippen LogP contribution in [0.4, 0.5) is 13.2 Å². The van der Waals surface area contributed by atoms with Gasteiger partial charge in [-0.2, -0.15) is 18.4 Å². The van der Waals surface area contributed by atoms with Crippen LogP contribution in [-0.2, 0) is 11.0 Å². The summed E-state index contributed by atoms with van der Waals surface area (Å²) in [7, 11) is 0. The number of halogens is 3. The second kappa shape index (κ2) is 7.28. The minimum Gasteiger partial charge on any atom is -0.353 e. The summed E-state index contributed by atoms with van der Waals surface area (Å²) in [6.45, 7) is 0.240. The summed E-state index contributed by atoms with van der Waals surface area (Å²) in [5.41, 5.74) is -0.742. The zero-order valence-corrected chi connectivity index (χ0v) is 10.8. The number of rotatable bonds is 5. The average molecular weight is 299 g/mol. The molecule has 0 saturated carbocycles. The van der Waals surface area contributed by atoms with E-state index in [4.69, 9.17) is 5.26 Å². The van der Waals surface area contributed by atoms with Crippen molar-refractivity contribution in [1.29, 1.82) is 5.26 Å². The Morgan fingerprint density at radius 1 is 1.10 bits per heavy atom. The Balaban J connectivity index is 2.43. The van der Waals surface area contributed by atoms with Crippen molar-refractivity contribution >= 4 is 11.8 Å². The number of nitriles is 1. The number of carbonyl (C=O) groups excluding carboxylic acids is 2. The number of alkyl halides is 3.